The quantitative estimate of drug-likeness (QED) is 0.691. The third kappa shape index (κ3) is 2.98. The molecule has 0 aromatic heterocycles. The van der Waals surface area contributed by atoms with Gasteiger partial charge in [0, 0.05) is 0 Å². The Kier molecular flexibility index (Phi) is 4.16. The molecule has 2 heteroatoms. The molecule has 0 saturated carbocycles. The van der Waals surface area contributed by atoms with E-state index in [4.69, 9.17) is 9.47 Å². The largest absolute Gasteiger partial charge is 0.490 e. The summed E-state index contributed by atoms with van der Waals surface area (Å²) in [4.78, 5) is 0. The molecule has 0 spiro atoms. The molecule has 0 amide bonds. The van der Waals surface area contributed by atoms with E-state index in [-0.39, 0.29) is 0 Å². The van der Waals surface area contributed by atoms with Crippen LogP contribution in [0.1, 0.15) is 13.3 Å². The highest BCUT2D eigenvalue weighted by Gasteiger charge is 2.01. The number of rotatable bonds is 5. The molecule has 0 atom stereocenters. The summed E-state index contributed by atoms with van der Waals surface area (Å²) in [5.41, 5.74) is 0. The van der Waals surface area contributed by atoms with Crippen LogP contribution in [0.3, 0.4) is 0 Å². The van der Waals surface area contributed by atoms with Crippen molar-refractivity contribution in [3.05, 3.63) is 31.2 Å². The molecule has 71 valence electrons. The van der Waals surface area contributed by atoms with Gasteiger partial charge in [-0.3, -0.25) is 0 Å². The Bertz CT molecular complexity index is 246. The smallest absolute Gasteiger partial charge is 0.161 e. The first-order valence-corrected chi connectivity index (χ1v) is 4.52. The lowest BCUT2D eigenvalue weighted by Gasteiger charge is -2.10. The Hall–Kier alpha value is -1.18. The molecule has 0 bridgehead atoms. The highest BCUT2D eigenvalue weighted by molar-refractivity contribution is 5.39. The van der Waals surface area contributed by atoms with E-state index in [1.165, 1.54) is 0 Å². The van der Waals surface area contributed by atoms with Crippen LogP contribution in [-0.4, -0.2) is 13.2 Å². The van der Waals surface area contributed by atoms with Gasteiger partial charge in [-0.2, -0.15) is 0 Å². The molecule has 0 fully saturated rings. The van der Waals surface area contributed by atoms with Gasteiger partial charge in [0.25, 0.3) is 0 Å². The molecule has 2 nitrogen and oxygen atoms in total. The SMILES string of the molecule is [CH2]CCOc1ccccc1OCC. The summed E-state index contributed by atoms with van der Waals surface area (Å²) in [6.07, 6.45) is 0.764. The van der Waals surface area contributed by atoms with Gasteiger partial charge < -0.3 is 9.47 Å². The lowest BCUT2D eigenvalue weighted by molar-refractivity contribution is 0.280. The lowest BCUT2D eigenvalue weighted by Crippen LogP contribution is -1.99. The second kappa shape index (κ2) is 5.46. The Morgan fingerprint density at radius 2 is 1.77 bits per heavy atom. The van der Waals surface area contributed by atoms with Crippen molar-refractivity contribution in [1.29, 1.82) is 0 Å². The normalized spacial score (nSPS) is 9.69. The van der Waals surface area contributed by atoms with Crippen LogP contribution >= 0.6 is 0 Å². The number of benzene rings is 1. The minimum absolute atomic E-state index is 0.629. The number of para-hydroxylation sites is 2. The van der Waals surface area contributed by atoms with Gasteiger partial charge >= 0.3 is 0 Å². The highest BCUT2D eigenvalue weighted by Crippen LogP contribution is 2.26. The summed E-state index contributed by atoms with van der Waals surface area (Å²) in [5.74, 6) is 1.60. The predicted molar refractivity (Wildman–Crippen MR) is 53.1 cm³/mol. The molecule has 13 heavy (non-hydrogen) atoms. The molecule has 0 saturated heterocycles. The van der Waals surface area contributed by atoms with Crippen molar-refractivity contribution in [3.63, 3.8) is 0 Å². The highest BCUT2D eigenvalue weighted by atomic mass is 16.5. The summed E-state index contributed by atoms with van der Waals surface area (Å²) >= 11 is 0. The number of ether oxygens (including phenoxy) is 2. The van der Waals surface area contributed by atoms with E-state index in [1.807, 2.05) is 31.2 Å². The Labute approximate surface area is 79.5 Å². The maximum absolute atomic E-state index is 5.45. The maximum atomic E-state index is 5.45. The van der Waals surface area contributed by atoms with Crippen molar-refractivity contribution in [2.75, 3.05) is 13.2 Å². The topological polar surface area (TPSA) is 18.5 Å². The predicted octanol–water partition coefficient (Wildman–Crippen LogP) is 2.69. The molecule has 0 N–H and O–H groups in total. The zero-order valence-corrected chi connectivity index (χ0v) is 7.95. The van der Waals surface area contributed by atoms with Gasteiger partial charge in [0.2, 0.25) is 0 Å². The van der Waals surface area contributed by atoms with Crippen LogP contribution in [0.2, 0.25) is 0 Å². The van der Waals surface area contributed by atoms with Gasteiger partial charge in [-0.25, -0.2) is 0 Å². The van der Waals surface area contributed by atoms with E-state index >= 15 is 0 Å². The van der Waals surface area contributed by atoms with Gasteiger partial charge in [-0.05, 0) is 32.4 Å². The fraction of sp³-hybridized carbons (Fsp3) is 0.364. The molecule has 1 radical (unpaired) electrons. The van der Waals surface area contributed by atoms with E-state index in [9.17, 15) is 0 Å². The fourth-order valence-corrected chi connectivity index (χ4v) is 1.03. The van der Waals surface area contributed by atoms with E-state index in [0.717, 1.165) is 17.9 Å². The van der Waals surface area contributed by atoms with Crippen molar-refractivity contribution in [2.24, 2.45) is 0 Å². The first-order valence-electron chi connectivity index (χ1n) is 4.52. The number of hydrogen-bond acceptors (Lipinski definition) is 2. The zero-order chi connectivity index (χ0) is 9.52. The Morgan fingerprint density at radius 3 is 2.31 bits per heavy atom. The second-order valence-electron chi connectivity index (χ2n) is 2.58. The lowest BCUT2D eigenvalue weighted by atomic mass is 10.3. The fourth-order valence-electron chi connectivity index (χ4n) is 1.03. The second-order valence-corrected chi connectivity index (χ2v) is 2.58. The van der Waals surface area contributed by atoms with Crippen LogP contribution in [0.5, 0.6) is 11.5 Å². The Balaban J connectivity index is 2.66. The van der Waals surface area contributed by atoms with Crippen molar-refractivity contribution < 1.29 is 9.47 Å². The average molecular weight is 179 g/mol. The third-order valence-electron chi connectivity index (χ3n) is 1.55. The molecule has 0 unspecified atom stereocenters. The van der Waals surface area contributed by atoms with Crippen LogP contribution in [0.15, 0.2) is 24.3 Å². The summed E-state index contributed by atoms with van der Waals surface area (Å²) in [6, 6.07) is 7.67. The molecule has 0 aliphatic rings. The Morgan fingerprint density at radius 1 is 1.15 bits per heavy atom. The third-order valence-corrected chi connectivity index (χ3v) is 1.55. The average Bonchev–Trinajstić information content (AvgIpc) is 2.17. The van der Waals surface area contributed by atoms with E-state index in [1.54, 1.807) is 0 Å². The van der Waals surface area contributed by atoms with Crippen molar-refractivity contribution in [2.45, 2.75) is 13.3 Å². The number of hydrogen-bond donors (Lipinski definition) is 0. The molecular weight excluding hydrogens is 164 g/mol. The minimum Gasteiger partial charge on any atom is -0.490 e. The van der Waals surface area contributed by atoms with Crippen LogP contribution in [0.4, 0.5) is 0 Å². The van der Waals surface area contributed by atoms with E-state index < -0.39 is 0 Å². The molecule has 1 aromatic rings. The summed E-state index contributed by atoms with van der Waals surface area (Å²) in [7, 11) is 0. The van der Waals surface area contributed by atoms with Crippen molar-refractivity contribution >= 4 is 0 Å². The summed E-state index contributed by atoms with van der Waals surface area (Å²) in [5, 5.41) is 0. The van der Waals surface area contributed by atoms with Crippen LogP contribution in [0, 0.1) is 6.92 Å². The van der Waals surface area contributed by atoms with Crippen molar-refractivity contribution in [3.8, 4) is 11.5 Å². The molecule has 1 aromatic carbocycles. The van der Waals surface area contributed by atoms with Crippen LogP contribution in [-0.2, 0) is 0 Å². The van der Waals surface area contributed by atoms with Crippen molar-refractivity contribution in [1.82, 2.24) is 0 Å². The zero-order valence-electron chi connectivity index (χ0n) is 7.95. The van der Waals surface area contributed by atoms with Crippen LogP contribution in [0.25, 0.3) is 0 Å². The van der Waals surface area contributed by atoms with E-state index in [0.29, 0.717) is 13.2 Å². The van der Waals surface area contributed by atoms with E-state index in [2.05, 4.69) is 6.92 Å². The molecular formula is C11H15O2. The summed E-state index contributed by atoms with van der Waals surface area (Å²) in [6.45, 7) is 6.95. The molecule has 0 aliphatic heterocycles. The standard InChI is InChI=1S/C11H15O2/c1-3-9-13-11-8-6-5-7-10(11)12-4-2/h5-8H,1,3-4,9H2,2H3. The van der Waals surface area contributed by atoms with Gasteiger partial charge in [-0.15, -0.1) is 0 Å². The van der Waals surface area contributed by atoms with Gasteiger partial charge in [0.05, 0.1) is 13.2 Å². The van der Waals surface area contributed by atoms with Gasteiger partial charge in [0.15, 0.2) is 11.5 Å². The first kappa shape index (κ1) is 9.90. The maximum Gasteiger partial charge on any atom is 0.161 e. The molecule has 0 heterocycles. The van der Waals surface area contributed by atoms with Gasteiger partial charge in [0.1, 0.15) is 0 Å². The monoisotopic (exact) mass is 179 g/mol. The van der Waals surface area contributed by atoms with Crippen LogP contribution < -0.4 is 9.47 Å². The molecule has 1 rings (SSSR count). The minimum atomic E-state index is 0.629. The molecule has 0 aliphatic carbocycles. The van der Waals surface area contributed by atoms with Gasteiger partial charge in [-0.1, -0.05) is 12.1 Å². The summed E-state index contributed by atoms with van der Waals surface area (Å²) < 4.78 is 10.8. The first-order chi connectivity index (χ1) is 6.38.